The van der Waals surface area contributed by atoms with Gasteiger partial charge in [0.2, 0.25) is 0 Å². The predicted molar refractivity (Wildman–Crippen MR) is 119 cm³/mol. The van der Waals surface area contributed by atoms with E-state index in [4.69, 9.17) is 9.47 Å². The highest BCUT2D eigenvalue weighted by atomic mass is 79.9. The summed E-state index contributed by atoms with van der Waals surface area (Å²) in [5.41, 5.74) is 3.49. The van der Waals surface area contributed by atoms with Gasteiger partial charge in [-0.3, -0.25) is 4.98 Å². The lowest BCUT2D eigenvalue weighted by molar-refractivity contribution is 0.0113. The van der Waals surface area contributed by atoms with Crippen molar-refractivity contribution < 1.29 is 9.47 Å². The molecule has 0 unspecified atom stereocenters. The molecule has 0 radical (unpaired) electrons. The minimum atomic E-state index is 0.303. The zero-order valence-corrected chi connectivity index (χ0v) is 18.1. The molecule has 1 aliphatic carbocycles. The lowest BCUT2D eigenvalue weighted by Crippen LogP contribution is -2.21. The van der Waals surface area contributed by atoms with Crippen LogP contribution in [0.25, 0.3) is 0 Å². The molecule has 4 heteroatoms. The average molecular weight is 452 g/mol. The van der Waals surface area contributed by atoms with E-state index >= 15 is 0 Å². The number of para-hydroxylation sites is 1. The highest BCUT2D eigenvalue weighted by molar-refractivity contribution is 9.10. The van der Waals surface area contributed by atoms with Gasteiger partial charge in [-0.2, -0.15) is 0 Å². The number of ether oxygens (including phenoxy) is 2. The Labute approximate surface area is 181 Å². The number of aromatic nitrogens is 1. The van der Waals surface area contributed by atoms with Crippen molar-refractivity contribution >= 4 is 15.9 Å². The zero-order valence-electron chi connectivity index (χ0n) is 16.5. The van der Waals surface area contributed by atoms with E-state index in [2.05, 4.69) is 69.4 Å². The summed E-state index contributed by atoms with van der Waals surface area (Å²) in [6, 6.07) is 22.8. The van der Waals surface area contributed by atoms with E-state index in [1.807, 2.05) is 24.4 Å². The summed E-state index contributed by atoms with van der Waals surface area (Å²) >= 11 is 3.54. The van der Waals surface area contributed by atoms with Crippen LogP contribution in [0.1, 0.15) is 48.4 Å². The smallest absolute Gasteiger partial charge is 0.123 e. The van der Waals surface area contributed by atoms with Crippen molar-refractivity contribution in [3.05, 3.63) is 94.2 Å². The summed E-state index contributed by atoms with van der Waals surface area (Å²) in [7, 11) is 0. The van der Waals surface area contributed by atoms with Gasteiger partial charge >= 0.3 is 0 Å². The lowest BCUT2D eigenvalue weighted by atomic mass is 9.82. The van der Waals surface area contributed by atoms with Crippen LogP contribution in [-0.2, 0) is 18.0 Å². The molecule has 150 valence electrons. The van der Waals surface area contributed by atoms with Crippen LogP contribution in [0.4, 0.5) is 0 Å². The van der Waals surface area contributed by atoms with Gasteiger partial charge in [-0.15, -0.1) is 0 Å². The number of hydrogen-bond donors (Lipinski definition) is 0. The van der Waals surface area contributed by atoms with Crippen molar-refractivity contribution in [2.75, 3.05) is 0 Å². The number of pyridine rings is 1. The summed E-state index contributed by atoms with van der Waals surface area (Å²) in [6.07, 6.45) is 6.51. The van der Waals surface area contributed by atoms with Crippen molar-refractivity contribution in [3.63, 3.8) is 0 Å². The monoisotopic (exact) mass is 451 g/mol. The van der Waals surface area contributed by atoms with E-state index in [-0.39, 0.29) is 0 Å². The lowest BCUT2D eigenvalue weighted by Gasteiger charge is -2.29. The molecule has 3 aromatic rings. The van der Waals surface area contributed by atoms with Crippen LogP contribution < -0.4 is 4.74 Å². The quantitative estimate of drug-likeness (QED) is 0.401. The number of hydrogen-bond acceptors (Lipinski definition) is 3. The van der Waals surface area contributed by atoms with Crippen LogP contribution in [0, 0.1) is 0 Å². The van der Waals surface area contributed by atoms with E-state index < -0.39 is 0 Å². The number of rotatable bonds is 7. The van der Waals surface area contributed by atoms with E-state index in [0.717, 1.165) is 41.6 Å². The zero-order chi connectivity index (χ0) is 19.9. The second kappa shape index (κ2) is 10.0. The molecule has 1 aromatic heterocycles. The van der Waals surface area contributed by atoms with Crippen molar-refractivity contribution in [1.29, 1.82) is 0 Å². The fourth-order valence-electron chi connectivity index (χ4n) is 3.95. The number of halogens is 1. The SMILES string of the molecule is Brc1cccnc1CO[C@H]1CC[C@@H](c2ccccc2OCc2ccccc2)CC1. The molecule has 1 fully saturated rings. The molecule has 0 bridgehead atoms. The first-order chi connectivity index (χ1) is 14.3. The Hall–Kier alpha value is -2.17. The minimum absolute atomic E-state index is 0.303. The standard InChI is InChI=1S/C25H26BrNO2/c26-23-10-6-16-27-24(23)18-28-21-14-12-20(13-15-21)22-9-4-5-11-25(22)29-17-19-7-2-1-3-8-19/h1-11,16,20-21H,12-15,17-18H2/t20-,21+. The highest BCUT2D eigenvalue weighted by Crippen LogP contribution is 2.38. The normalized spacial score (nSPS) is 19.1. The van der Waals surface area contributed by atoms with Crippen LogP contribution in [0.2, 0.25) is 0 Å². The summed E-state index contributed by atoms with van der Waals surface area (Å²) in [5, 5.41) is 0. The molecule has 0 spiro atoms. The Bertz CT molecular complexity index is 907. The Kier molecular flexibility index (Phi) is 6.96. The molecule has 1 aliphatic rings. The average Bonchev–Trinajstić information content (AvgIpc) is 2.78. The molecule has 0 N–H and O–H groups in total. The molecule has 1 heterocycles. The van der Waals surface area contributed by atoms with Crippen LogP contribution >= 0.6 is 15.9 Å². The van der Waals surface area contributed by atoms with Crippen molar-refractivity contribution in [2.24, 2.45) is 0 Å². The highest BCUT2D eigenvalue weighted by Gasteiger charge is 2.25. The van der Waals surface area contributed by atoms with Gasteiger partial charge in [0.1, 0.15) is 12.4 Å². The molecule has 0 atom stereocenters. The summed E-state index contributed by atoms with van der Waals surface area (Å²) < 4.78 is 13.3. The third-order valence-electron chi connectivity index (χ3n) is 5.56. The fourth-order valence-corrected chi connectivity index (χ4v) is 4.32. The van der Waals surface area contributed by atoms with Crippen LogP contribution in [0.15, 0.2) is 77.4 Å². The maximum absolute atomic E-state index is 6.18. The van der Waals surface area contributed by atoms with Crippen LogP contribution in [0.5, 0.6) is 5.75 Å². The molecule has 29 heavy (non-hydrogen) atoms. The maximum atomic E-state index is 6.18. The number of nitrogens with zero attached hydrogens (tertiary/aromatic N) is 1. The molecule has 4 rings (SSSR count). The van der Waals surface area contributed by atoms with Gasteiger partial charge in [0.25, 0.3) is 0 Å². The van der Waals surface area contributed by atoms with E-state index in [1.54, 1.807) is 0 Å². The summed E-state index contributed by atoms with van der Waals surface area (Å²) in [5.74, 6) is 1.54. The maximum Gasteiger partial charge on any atom is 0.123 e. The van der Waals surface area contributed by atoms with E-state index in [0.29, 0.717) is 25.2 Å². The van der Waals surface area contributed by atoms with Gasteiger partial charge in [-0.1, -0.05) is 48.5 Å². The molecule has 0 aliphatic heterocycles. The Morgan fingerprint density at radius 2 is 1.59 bits per heavy atom. The third kappa shape index (κ3) is 5.46. The van der Waals surface area contributed by atoms with Gasteiger partial charge in [0, 0.05) is 10.7 Å². The Balaban J connectivity index is 1.32. The summed E-state index contributed by atoms with van der Waals surface area (Å²) in [6.45, 7) is 1.17. The van der Waals surface area contributed by atoms with E-state index in [9.17, 15) is 0 Å². The largest absolute Gasteiger partial charge is 0.489 e. The van der Waals surface area contributed by atoms with E-state index in [1.165, 1.54) is 11.1 Å². The van der Waals surface area contributed by atoms with Gasteiger partial charge in [-0.05, 0) is 76.9 Å². The molecule has 0 saturated heterocycles. The van der Waals surface area contributed by atoms with Crippen molar-refractivity contribution in [3.8, 4) is 5.75 Å². The van der Waals surface area contributed by atoms with Gasteiger partial charge in [-0.25, -0.2) is 0 Å². The fraction of sp³-hybridized carbons (Fsp3) is 0.320. The van der Waals surface area contributed by atoms with Gasteiger partial charge in [0.05, 0.1) is 18.4 Å². The van der Waals surface area contributed by atoms with Crippen LogP contribution in [0.3, 0.4) is 0 Å². The Morgan fingerprint density at radius 1 is 0.828 bits per heavy atom. The molecular weight excluding hydrogens is 426 g/mol. The first kappa shape index (κ1) is 20.1. The summed E-state index contributed by atoms with van der Waals surface area (Å²) in [4.78, 5) is 4.39. The second-order valence-electron chi connectivity index (χ2n) is 7.53. The van der Waals surface area contributed by atoms with Gasteiger partial charge in [0.15, 0.2) is 0 Å². The Morgan fingerprint density at radius 3 is 2.38 bits per heavy atom. The molecule has 0 amide bonds. The van der Waals surface area contributed by atoms with Crippen molar-refractivity contribution in [1.82, 2.24) is 4.98 Å². The predicted octanol–water partition coefficient (Wildman–Crippen LogP) is 6.67. The van der Waals surface area contributed by atoms with Crippen LogP contribution in [-0.4, -0.2) is 11.1 Å². The molecule has 2 aromatic carbocycles. The molecular formula is C25H26BrNO2. The first-order valence-electron chi connectivity index (χ1n) is 10.3. The number of benzene rings is 2. The van der Waals surface area contributed by atoms with Gasteiger partial charge < -0.3 is 9.47 Å². The van der Waals surface area contributed by atoms with Crippen molar-refractivity contribution in [2.45, 2.75) is 50.9 Å². The second-order valence-corrected chi connectivity index (χ2v) is 8.38. The topological polar surface area (TPSA) is 31.4 Å². The molecule has 1 saturated carbocycles. The first-order valence-corrected chi connectivity index (χ1v) is 11.1. The third-order valence-corrected chi connectivity index (χ3v) is 6.28. The molecule has 3 nitrogen and oxygen atoms in total. The minimum Gasteiger partial charge on any atom is -0.489 e.